The Kier molecular flexibility index (Phi) is 3.00. The van der Waals surface area contributed by atoms with Crippen molar-refractivity contribution in [2.24, 2.45) is 0 Å². The maximum Gasteiger partial charge on any atom is 0.0744 e. The lowest BCUT2D eigenvalue weighted by molar-refractivity contribution is 0.933. The third-order valence-corrected chi connectivity index (χ3v) is 3.74. The van der Waals surface area contributed by atoms with Crippen molar-refractivity contribution in [3.63, 3.8) is 0 Å². The van der Waals surface area contributed by atoms with Gasteiger partial charge in [0.25, 0.3) is 0 Å². The second kappa shape index (κ2) is 4.67. The van der Waals surface area contributed by atoms with E-state index in [1.165, 1.54) is 27.8 Å². The van der Waals surface area contributed by atoms with Gasteiger partial charge in [0.1, 0.15) is 0 Å². The Morgan fingerprint density at radius 1 is 0.789 bits per heavy atom. The highest BCUT2D eigenvalue weighted by atomic mass is 35.5. The zero-order chi connectivity index (χ0) is 11.9. The third-order valence-electron chi connectivity index (χ3n) is 3.74. The minimum absolute atomic E-state index is 0. The van der Waals surface area contributed by atoms with Crippen molar-refractivity contribution in [1.82, 2.24) is 4.98 Å². The summed E-state index contributed by atoms with van der Waals surface area (Å²) < 4.78 is 0. The van der Waals surface area contributed by atoms with Gasteiger partial charge in [-0.25, -0.2) is 4.98 Å². The van der Waals surface area contributed by atoms with E-state index in [-0.39, 0.29) is 12.4 Å². The third kappa shape index (κ3) is 1.91. The Morgan fingerprint density at radius 3 is 2.47 bits per heavy atom. The first kappa shape index (κ1) is 12.2. The fraction of sp³-hybridized carbons (Fsp3) is 0.118. The SMILES string of the molecule is Cl.c1ccc2c(c1)CCc1cc3ccccc3nc1-2. The quantitative estimate of drug-likeness (QED) is 0.587. The molecule has 1 aliphatic carbocycles. The number of aryl methyl sites for hydroxylation is 2. The van der Waals surface area contributed by atoms with E-state index in [0.717, 1.165) is 18.4 Å². The molecule has 0 aliphatic heterocycles. The molecule has 19 heavy (non-hydrogen) atoms. The van der Waals surface area contributed by atoms with Gasteiger partial charge in [-0.1, -0.05) is 42.5 Å². The fourth-order valence-electron chi connectivity index (χ4n) is 2.82. The molecule has 94 valence electrons. The van der Waals surface area contributed by atoms with Crippen LogP contribution in [0.1, 0.15) is 11.1 Å². The van der Waals surface area contributed by atoms with E-state index in [0.29, 0.717) is 0 Å². The zero-order valence-corrected chi connectivity index (χ0v) is 11.3. The summed E-state index contributed by atoms with van der Waals surface area (Å²) in [5, 5.41) is 1.25. The van der Waals surface area contributed by atoms with Crippen LogP contribution in [0.2, 0.25) is 0 Å². The fourth-order valence-corrected chi connectivity index (χ4v) is 2.82. The van der Waals surface area contributed by atoms with Crippen LogP contribution in [0.5, 0.6) is 0 Å². The number of aromatic nitrogens is 1. The summed E-state index contributed by atoms with van der Waals surface area (Å²) in [7, 11) is 0. The molecule has 0 bridgehead atoms. The van der Waals surface area contributed by atoms with Crippen molar-refractivity contribution in [3.05, 3.63) is 65.7 Å². The molecule has 0 fully saturated rings. The van der Waals surface area contributed by atoms with E-state index in [1.54, 1.807) is 0 Å². The molecule has 4 rings (SSSR count). The maximum absolute atomic E-state index is 4.86. The molecular weight excluding hydrogens is 254 g/mol. The molecular formula is C17H14ClN. The highest BCUT2D eigenvalue weighted by Gasteiger charge is 2.17. The van der Waals surface area contributed by atoms with Gasteiger partial charge in [0.05, 0.1) is 11.2 Å². The van der Waals surface area contributed by atoms with E-state index >= 15 is 0 Å². The summed E-state index contributed by atoms with van der Waals surface area (Å²) in [6.07, 6.45) is 2.23. The Labute approximate surface area is 118 Å². The standard InChI is InChI=1S/C17H13N.ClH/c1-3-7-15-12(5-1)9-10-14-11-13-6-2-4-8-16(13)18-17(14)15;/h1-8,11H,9-10H2;1H. The monoisotopic (exact) mass is 267 g/mol. The van der Waals surface area contributed by atoms with Crippen molar-refractivity contribution in [2.45, 2.75) is 12.8 Å². The number of nitrogens with zero attached hydrogens (tertiary/aromatic N) is 1. The molecule has 3 aromatic rings. The first-order chi connectivity index (χ1) is 8.92. The average molecular weight is 268 g/mol. The molecule has 1 aliphatic rings. The van der Waals surface area contributed by atoms with Gasteiger partial charge in [-0.05, 0) is 36.1 Å². The van der Waals surface area contributed by atoms with Crippen LogP contribution >= 0.6 is 12.4 Å². The van der Waals surface area contributed by atoms with Crippen LogP contribution in [0.4, 0.5) is 0 Å². The van der Waals surface area contributed by atoms with Crippen molar-refractivity contribution in [2.75, 3.05) is 0 Å². The first-order valence-electron chi connectivity index (χ1n) is 6.39. The number of hydrogen-bond acceptors (Lipinski definition) is 1. The minimum Gasteiger partial charge on any atom is -0.247 e. The van der Waals surface area contributed by atoms with Crippen LogP contribution < -0.4 is 0 Å². The van der Waals surface area contributed by atoms with Crippen molar-refractivity contribution >= 4 is 23.3 Å². The number of benzene rings is 2. The molecule has 0 spiro atoms. The topological polar surface area (TPSA) is 12.9 Å². The van der Waals surface area contributed by atoms with E-state index in [9.17, 15) is 0 Å². The summed E-state index contributed by atoms with van der Waals surface area (Å²) in [5.74, 6) is 0. The Hall–Kier alpha value is -1.86. The zero-order valence-electron chi connectivity index (χ0n) is 10.5. The maximum atomic E-state index is 4.86. The normalized spacial score (nSPS) is 12.4. The van der Waals surface area contributed by atoms with Crippen LogP contribution in [-0.2, 0) is 12.8 Å². The molecule has 0 N–H and O–H groups in total. The van der Waals surface area contributed by atoms with Crippen LogP contribution in [-0.4, -0.2) is 4.98 Å². The van der Waals surface area contributed by atoms with Gasteiger partial charge < -0.3 is 0 Å². The average Bonchev–Trinajstić information content (AvgIpc) is 2.45. The van der Waals surface area contributed by atoms with Crippen LogP contribution in [0.25, 0.3) is 22.2 Å². The lowest BCUT2D eigenvalue weighted by atomic mass is 9.88. The Morgan fingerprint density at radius 2 is 1.53 bits per heavy atom. The summed E-state index contributed by atoms with van der Waals surface area (Å²) in [5.41, 5.74) is 6.38. The molecule has 1 heterocycles. The first-order valence-corrected chi connectivity index (χ1v) is 6.39. The van der Waals surface area contributed by atoms with Gasteiger partial charge in [0.2, 0.25) is 0 Å². The van der Waals surface area contributed by atoms with Crippen LogP contribution in [0, 0.1) is 0 Å². The molecule has 0 saturated heterocycles. The molecule has 2 aromatic carbocycles. The summed E-state index contributed by atoms with van der Waals surface area (Å²) in [6, 6.07) is 19.3. The lowest BCUT2D eigenvalue weighted by Gasteiger charge is -2.19. The molecule has 1 nitrogen and oxygen atoms in total. The van der Waals surface area contributed by atoms with Gasteiger partial charge in [0.15, 0.2) is 0 Å². The predicted molar refractivity (Wildman–Crippen MR) is 81.8 cm³/mol. The number of para-hydroxylation sites is 1. The molecule has 0 radical (unpaired) electrons. The van der Waals surface area contributed by atoms with E-state index in [1.807, 2.05) is 0 Å². The number of hydrogen-bond donors (Lipinski definition) is 0. The number of halogens is 1. The largest absolute Gasteiger partial charge is 0.247 e. The van der Waals surface area contributed by atoms with Gasteiger partial charge in [0, 0.05) is 10.9 Å². The van der Waals surface area contributed by atoms with Crippen LogP contribution in [0.15, 0.2) is 54.6 Å². The number of pyridine rings is 1. The predicted octanol–water partition coefficient (Wildman–Crippen LogP) is 4.42. The molecule has 0 saturated carbocycles. The van der Waals surface area contributed by atoms with Crippen molar-refractivity contribution < 1.29 is 0 Å². The molecule has 0 atom stereocenters. The summed E-state index contributed by atoms with van der Waals surface area (Å²) in [4.78, 5) is 4.86. The molecule has 0 unspecified atom stereocenters. The number of fused-ring (bicyclic) bond motifs is 4. The summed E-state index contributed by atoms with van der Waals surface area (Å²) >= 11 is 0. The van der Waals surface area contributed by atoms with E-state index in [4.69, 9.17) is 4.98 Å². The molecule has 0 amide bonds. The van der Waals surface area contributed by atoms with Crippen molar-refractivity contribution in [3.8, 4) is 11.3 Å². The van der Waals surface area contributed by atoms with Crippen LogP contribution in [0.3, 0.4) is 0 Å². The second-order valence-electron chi connectivity index (χ2n) is 4.85. The Bertz CT molecular complexity index is 749. The van der Waals surface area contributed by atoms with Gasteiger partial charge in [-0.15, -0.1) is 12.4 Å². The summed E-state index contributed by atoms with van der Waals surface area (Å²) in [6.45, 7) is 0. The van der Waals surface area contributed by atoms with Crippen molar-refractivity contribution in [1.29, 1.82) is 0 Å². The Balaban J connectivity index is 0.00000110. The van der Waals surface area contributed by atoms with Gasteiger partial charge >= 0.3 is 0 Å². The lowest BCUT2D eigenvalue weighted by Crippen LogP contribution is -2.05. The smallest absolute Gasteiger partial charge is 0.0744 e. The number of rotatable bonds is 0. The second-order valence-corrected chi connectivity index (χ2v) is 4.85. The van der Waals surface area contributed by atoms with E-state index < -0.39 is 0 Å². The van der Waals surface area contributed by atoms with Gasteiger partial charge in [-0.2, -0.15) is 0 Å². The molecule has 1 aromatic heterocycles. The highest BCUT2D eigenvalue weighted by molar-refractivity contribution is 5.85. The van der Waals surface area contributed by atoms with E-state index in [2.05, 4.69) is 54.6 Å². The van der Waals surface area contributed by atoms with Gasteiger partial charge in [-0.3, -0.25) is 0 Å². The highest BCUT2D eigenvalue weighted by Crippen LogP contribution is 2.33. The molecule has 2 heteroatoms. The minimum atomic E-state index is 0.